The van der Waals surface area contributed by atoms with Crippen molar-refractivity contribution in [3.63, 3.8) is 0 Å². The lowest BCUT2D eigenvalue weighted by Gasteiger charge is -2.33. The van der Waals surface area contributed by atoms with E-state index in [4.69, 9.17) is 24.4 Å². The van der Waals surface area contributed by atoms with Gasteiger partial charge >= 0.3 is 0 Å². The molecule has 0 saturated carbocycles. The van der Waals surface area contributed by atoms with Crippen LogP contribution in [0.4, 0.5) is 0 Å². The topological polar surface area (TPSA) is 6.48 Å². The van der Waals surface area contributed by atoms with Crippen molar-refractivity contribution in [2.75, 3.05) is 13.1 Å². The maximum absolute atomic E-state index is 6.02. The molecule has 0 aliphatic heterocycles. The average Bonchev–Trinajstić information content (AvgIpc) is 3.08. The Morgan fingerprint density at radius 3 is 0.820 bits per heavy atom. The summed E-state index contributed by atoms with van der Waals surface area (Å²) in [7, 11) is 3.42. The van der Waals surface area contributed by atoms with Gasteiger partial charge in [-0.15, -0.1) is 0 Å². The predicted octanol–water partition coefficient (Wildman–Crippen LogP) is 16.9. The van der Waals surface area contributed by atoms with E-state index in [0.29, 0.717) is 12.1 Å². The molecule has 0 bridgehead atoms. The maximum atomic E-state index is 6.02. The van der Waals surface area contributed by atoms with Crippen LogP contribution in [0.2, 0.25) is 0 Å². The van der Waals surface area contributed by atoms with E-state index in [0.717, 1.165) is 21.7 Å². The van der Waals surface area contributed by atoms with Gasteiger partial charge in [0.1, 0.15) is 8.64 Å². The van der Waals surface area contributed by atoms with Crippen LogP contribution in [-0.4, -0.2) is 43.6 Å². The Morgan fingerprint density at radius 2 is 0.580 bits per heavy atom. The molecule has 0 spiro atoms. The third-order valence-corrected chi connectivity index (χ3v) is 14.0. The molecule has 0 heterocycles. The second-order valence-electron chi connectivity index (χ2n) is 15.9. The molecule has 0 aliphatic carbocycles. The quantitative estimate of drug-likeness (QED) is 0.0353. The number of hydrogen-bond acceptors (Lipinski definition) is 4. The van der Waals surface area contributed by atoms with Crippen LogP contribution < -0.4 is 0 Å². The van der Waals surface area contributed by atoms with E-state index in [1.165, 1.54) is 205 Å². The van der Waals surface area contributed by atoms with Crippen molar-refractivity contribution in [1.82, 2.24) is 9.80 Å². The normalized spacial score (nSPS) is 11.6. The highest BCUT2D eigenvalue weighted by Crippen LogP contribution is 2.30. The lowest BCUT2D eigenvalue weighted by atomic mass is 10.0. The summed E-state index contributed by atoms with van der Waals surface area (Å²) in [4.78, 5) is 4.85. The Kier molecular flexibility index (Phi) is 39.6. The molecule has 0 N–H and O–H groups in total. The third kappa shape index (κ3) is 33.1. The fraction of sp³-hybridized carbons (Fsp3) is 0.955. The van der Waals surface area contributed by atoms with Gasteiger partial charge in [-0.25, -0.2) is 0 Å². The van der Waals surface area contributed by atoms with E-state index in [1.807, 2.05) is 0 Å². The molecular weight excluding hydrogens is 685 g/mol. The van der Waals surface area contributed by atoms with Crippen LogP contribution >= 0.6 is 46.0 Å². The number of unbranched alkanes of at least 4 members (excludes halogenated alkanes) is 30. The van der Waals surface area contributed by atoms with Crippen molar-refractivity contribution < 1.29 is 0 Å². The molecule has 0 aromatic carbocycles. The van der Waals surface area contributed by atoms with Gasteiger partial charge in [-0.2, -0.15) is 0 Å². The van der Waals surface area contributed by atoms with Crippen molar-refractivity contribution in [1.29, 1.82) is 0 Å². The predicted molar refractivity (Wildman–Crippen MR) is 243 cm³/mol. The van der Waals surface area contributed by atoms with Gasteiger partial charge in [0.25, 0.3) is 0 Å². The first-order chi connectivity index (χ1) is 24.3. The molecule has 0 fully saturated rings. The van der Waals surface area contributed by atoms with Crippen LogP contribution in [0.1, 0.15) is 247 Å². The number of nitrogens with zero attached hydrogens (tertiary/aromatic N) is 2. The molecule has 50 heavy (non-hydrogen) atoms. The number of rotatable bonds is 36. The molecule has 0 aliphatic rings. The number of thiocarbonyl (C=S) groups is 2. The molecule has 0 rings (SSSR count). The van der Waals surface area contributed by atoms with Gasteiger partial charge in [-0.05, 0) is 62.1 Å². The number of hydrogen-bond donors (Lipinski definition) is 0. The van der Waals surface area contributed by atoms with E-state index in [1.54, 1.807) is 21.6 Å². The van der Waals surface area contributed by atoms with Crippen molar-refractivity contribution in [3.8, 4) is 0 Å². The maximum Gasteiger partial charge on any atom is 0.147 e. The van der Waals surface area contributed by atoms with Crippen molar-refractivity contribution in [2.24, 2.45) is 0 Å². The lowest BCUT2D eigenvalue weighted by Crippen LogP contribution is -2.39. The first-order valence-electron chi connectivity index (χ1n) is 22.3. The largest absolute Gasteiger partial charge is 0.357 e. The molecule has 6 heteroatoms. The first-order valence-corrected chi connectivity index (χ1v) is 25.3. The van der Waals surface area contributed by atoms with Crippen molar-refractivity contribution >= 4 is 54.7 Å². The Bertz CT molecular complexity index is 685. The summed E-state index contributed by atoms with van der Waals surface area (Å²) in [5.74, 6) is 0. The molecule has 0 saturated heterocycles. The summed E-state index contributed by atoms with van der Waals surface area (Å²) >= 11 is 11.9. The second kappa shape index (κ2) is 39.2. The van der Waals surface area contributed by atoms with Gasteiger partial charge < -0.3 is 9.80 Å². The average molecular weight is 773 g/mol. The van der Waals surface area contributed by atoms with Crippen LogP contribution in [0.3, 0.4) is 0 Å². The van der Waals surface area contributed by atoms with E-state index in [-0.39, 0.29) is 0 Å². The summed E-state index contributed by atoms with van der Waals surface area (Å²) in [5, 5.41) is 0. The lowest BCUT2D eigenvalue weighted by molar-refractivity contribution is 0.303. The molecule has 0 radical (unpaired) electrons. The first kappa shape index (κ1) is 50.5. The summed E-state index contributed by atoms with van der Waals surface area (Å²) in [6, 6.07) is 0.825. The second-order valence-corrected chi connectivity index (χ2v) is 19.3. The summed E-state index contributed by atoms with van der Waals surface area (Å²) in [6.45, 7) is 15.8. The molecule has 0 unspecified atom stereocenters. The van der Waals surface area contributed by atoms with Gasteiger partial charge in [0, 0.05) is 25.2 Å². The smallest absolute Gasteiger partial charge is 0.147 e. The SMILES string of the molecule is CCCCCCCCCCCCCCCCCCN(CCCCCCCCCCCCCCCCCC)C(=S)SSC(=S)N(C(C)C)C(C)C. The van der Waals surface area contributed by atoms with Gasteiger partial charge in [0.2, 0.25) is 0 Å². The summed E-state index contributed by atoms with van der Waals surface area (Å²) < 4.78 is 2.00. The molecule has 0 atom stereocenters. The standard InChI is InChI=1S/C44H88N2S4/c1-7-9-11-13-15-17-19-21-23-25-27-29-31-33-35-37-39-45(43(47)49-50-44(48)46(41(3)4)42(5)6)40-38-36-34-32-30-28-26-24-22-20-18-16-14-12-10-8-2/h41-42H,7-40H2,1-6H3. The highest BCUT2D eigenvalue weighted by atomic mass is 33.1. The van der Waals surface area contributed by atoms with E-state index >= 15 is 0 Å². The Morgan fingerprint density at radius 1 is 0.360 bits per heavy atom. The molecular formula is C44H88N2S4. The van der Waals surface area contributed by atoms with Crippen LogP contribution in [0.25, 0.3) is 0 Å². The zero-order valence-corrected chi connectivity index (χ0v) is 38.0. The highest BCUT2D eigenvalue weighted by molar-refractivity contribution is 8.89. The van der Waals surface area contributed by atoms with E-state index < -0.39 is 0 Å². The molecule has 0 aromatic rings. The van der Waals surface area contributed by atoms with Gasteiger partial charge in [0.05, 0.1) is 0 Å². The zero-order valence-electron chi connectivity index (χ0n) is 34.7. The van der Waals surface area contributed by atoms with Crippen molar-refractivity contribution in [2.45, 2.75) is 259 Å². The van der Waals surface area contributed by atoms with Gasteiger partial charge in [0.15, 0.2) is 0 Å². The van der Waals surface area contributed by atoms with Crippen molar-refractivity contribution in [3.05, 3.63) is 0 Å². The highest BCUT2D eigenvalue weighted by Gasteiger charge is 2.19. The monoisotopic (exact) mass is 773 g/mol. The Labute approximate surface area is 334 Å². The Hall–Kier alpha value is 0.480. The van der Waals surface area contributed by atoms with Crippen LogP contribution in [0.15, 0.2) is 0 Å². The molecule has 2 nitrogen and oxygen atoms in total. The minimum Gasteiger partial charge on any atom is -0.357 e. The summed E-state index contributed by atoms with van der Waals surface area (Å²) in [6.07, 6.45) is 45.3. The van der Waals surface area contributed by atoms with Gasteiger partial charge in [-0.3, -0.25) is 0 Å². The minimum absolute atomic E-state index is 0.412. The Balaban J connectivity index is 4.21. The molecule has 298 valence electrons. The van der Waals surface area contributed by atoms with Crippen LogP contribution in [0.5, 0.6) is 0 Å². The van der Waals surface area contributed by atoms with Gasteiger partial charge in [-0.1, -0.05) is 231 Å². The van der Waals surface area contributed by atoms with E-state index in [2.05, 4.69) is 51.3 Å². The zero-order chi connectivity index (χ0) is 36.9. The third-order valence-electron chi connectivity index (χ3n) is 10.3. The fourth-order valence-electron chi connectivity index (χ4n) is 7.18. The summed E-state index contributed by atoms with van der Waals surface area (Å²) in [5.41, 5.74) is 0. The van der Waals surface area contributed by atoms with Crippen LogP contribution in [-0.2, 0) is 0 Å². The molecule has 0 amide bonds. The van der Waals surface area contributed by atoms with E-state index in [9.17, 15) is 0 Å². The fourth-order valence-corrected chi connectivity index (χ4v) is 10.3. The minimum atomic E-state index is 0.412. The van der Waals surface area contributed by atoms with Crippen LogP contribution in [0, 0.1) is 0 Å². The molecule has 0 aromatic heterocycles.